The molecule has 110 valence electrons. The van der Waals surface area contributed by atoms with Gasteiger partial charge >= 0.3 is 6.03 Å². The highest BCUT2D eigenvalue weighted by Gasteiger charge is 2.24. The first-order valence-corrected chi connectivity index (χ1v) is 7.56. The summed E-state index contributed by atoms with van der Waals surface area (Å²) in [5.41, 5.74) is 0. The molecule has 5 heteroatoms. The van der Waals surface area contributed by atoms with Gasteiger partial charge in [0.05, 0.1) is 6.61 Å². The van der Waals surface area contributed by atoms with E-state index < -0.39 is 0 Å². The maximum atomic E-state index is 11.9. The summed E-state index contributed by atoms with van der Waals surface area (Å²) in [4.78, 5) is 14.3. The van der Waals surface area contributed by atoms with Crippen molar-refractivity contribution in [2.75, 3.05) is 33.4 Å². The standard InChI is InChI=1S/C14H27N3O2/c1-19-10-9-17-8-7-13(11-17)16-14(18)15-12-5-3-2-4-6-12/h12-13H,2-11H2,1H3,(H2,15,16,18). The summed E-state index contributed by atoms with van der Waals surface area (Å²) in [5, 5.41) is 6.21. The molecule has 1 aliphatic heterocycles. The van der Waals surface area contributed by atoms with E-state index in [4.69, 9.17) is 4.74 Å². The van der Waals surface area contributed by atoms with Crippen molar-refractivity contribution in [3.05, 3.63) is 0 Å². The molecule has 1 saturated heterocycles. The van der Waals surface area contributed by atoms with Crippen molar-refractivity contribution < 1.29 is 9.53 Å². The van der Waals surface area contributed by atoms with Crippen molar-refractivity contribution in [1.82, 2.24) is 15.5 Å². The molecule has 2 amide bonds. The highest BCUT2D eigenvalue weighted by Crippen LogP contribution is 2.17. The lowest BCUT2D eigenvalue weighted by Crippen LogP contribution is -2.47. The molecule has 1 aliphatic carbocycles. The zero-order valence-corrected chi connectivity index (χ0v) is 12.0. The quantitative estimate of drug-likeness (QED) is 0.792. The van der Waals surface area contributed by atoms with E-state index in [0.717, 1.165) is 45.5 Å². The van der Waals surface area contributed by atoms with Crippen molar-refractivity contribution in [3.63, 3.8) is 0 Å². The number of rotatable bonds is 5. The first-order valence-electron chi connectivity index (χ1n) is 7.56. The monoisotopic (exact) mass is 269 g/mol. The van der Waals surface area contributed by atoms with Crippen LogP contribution in [0.15, 0.2) is 0 Å². The highest BCUT2D eigenvalue weighted by molar-refractivity contribution is 5.74. The summed E-state index contributed by atoms with van der Waals surface area (Å²) >= 11 is 0. The first-order chi connectivity index (χ1) is 9.28. The summed E-state index contributed by atoms with van der Waals surface area (Å²) in [6.45, 7) is 3.72. The zero-order valence-electron chi connectivity index (χ0n) is 12.0. The number of ether oxygens (including phenoxy) is 1. The van der Waals surface area contributed by atoms with E-state index in [2.05, 4.69) is 15.5 Å². The zero-order chi connectivity index (χ0) is 13.5. The molecule has 1 unspecified atom stereocenters. The molecule has 1 heterocycles. The number of urea groups is 1. The summed E-state index contributed by atoms with van der Waals surface area (Å²) in [5.74, 6) is 0. The van der Waals surface area contributed by atoms with Gasteiger partial charge in [0.25, 0.3) is 0 Å². The molecule has 2 aliphatic rings. The predicted octanol–water partition coefficient (Wildman–Crippen LogP) is 1.34. The van der Waals surface area contributed by atoms with Gasteiger partial charge in [0, 0.05) is 38.8 Å². The van der Waals surface area contributed by atoms with Crippen LogP contribution in [0.3, 0.4) is 0 Å². The van der Waals surface area contributed by atoms with E-state index >= 15 is 0 Å². The molecule has 0 bridgehead atoms. The Morgan fingerprint density at radius 2 is 1.89 bits per heavy atom. The Bertz CT molecular complexity index is 280. The van der Waals surface area contributed by atoms with Crippen molar-refractivity contribution in [2.24, 2.45) is 0 Å². The van der Waals surface area contributed by atoms with Crippen molar-refractivity contribution in [3.8, 4) is 0 Å². The topological polar surface area (TPSA) is 53.6 Å². The number of likely N-dealkylation sites (tertiary alicyclic amines) is 1. The van der Waals surface area contributed by atoms with Crippen LogP contribution in [0.25, 0.3) is 0 Å². The minimum atomic E-state index is 0.0190. The number of carbonyl (C=O) groups is 1. The number of amides is 2. The third-order valence-electron chi connectivity index (χ3n) is 4.16. The number of hydrogen-bond donors (Lipinski definition) is 2. The van der Waals surface area contributed by atoms with Gasteiger partial charge in [0.1, 0.15) is 0 Å². The van der Waals surface area contributed by atoms with E-state index in [1.54, 1.807) is 7.11 Å². The van der Waals surface area contributed by atoms with Gasteiger partial charge in [-0.25, -0.2) is 4.79 Å². The Hall–Kier alpha value is -0.810. The van der Waals surface area contributed by atoms with Gasteiger partial charge in [-0.1, -0.05) is 19.3 Å². The smallest absolute Gasteiger partial charge is 0.315 e. The van der Waals surface area contributed by atoms with Crippen LogP contribution in [0.2, 0.25) is 0 Å². The van der Waals surface area contributed by atoms with Crippen LogP contribution >= 0.6 is 0 Å². The Morgan fingerprint density at radius 3 is 2.63 bits per heavy atom. The molecule has 1 saturated carbocycles. The van der Waals surface area contributed by atoms with E-state index in [-0.39, 0.29) is 6.03 Å². The fourth-order valence-electron chi connectivity index (χ4n) is 3.03. The summed E-state index contributed by atoms with van der Waals surface area (Å²) in [6.07, 6.45) is 7.13. The average molecular weight is 269 g/mol. The van der Waals surface area contributed by atoms with Gasteiger partial charge < -0.3 is 15.4 Å². The number of hydrogen-bond acceptors (Lipinski definition) is 3. The van der Waals surface area contributed by atoms with Gasteiger partial charge in [-0.05, 0) is 19.3 Å². The number of methoxy groups -OCH3 is 1. The van der Waals surface area contributed by atoms with E-state index in [1.165, 1.54) is 19.3 Å². The Balaban J connectivity index is 1.62. The van der Waals surface area contributed by atoms with E-state index in [1.807, 2.05) is 0 Å². The molecule has 0 spiro atoms. The van der Waals surface area contributed by atoms with E-state index in [9.17, 15) is 4.79 Å². The van der Waals surface area contributed by atoms with E-state index in [0.29, 0.717) is 12.1 Å². The Kier molecular flexibility index (Phi) is 5.92. The van der Waals surface area contributed by atoms with Crippen LogP contribution in [0.5, 0.6) is 0 Å². The van der Waals surface area contributed by atoms with Gasteiger partial charge in [-0.15, -0.1) is 0 Å². The minimum absolute atomic E-state index is 0.0190. The Morgan fingerprint density at radius 1 is 1.16 bits per heavy atom. The fourth-order valence-corrected chi connectivity index (χ4v) is 3.03. The lowest BCUT2D eigenvalue weighted by molar-refractivity contribution is 0.159. The maximum absolute atomic E-state index is 11.9. The summed E-state index contributed by atoms with van der Waals surface area (Å²) in [7, 11) is 1.73. The van der Waals surface area contributed by atoms with Gasteiger partial charge in [-0.2, -0.15) is 0 Å². The van der Waals surface area contributed by atoms with Crippen LogP contribution in [0, 0.1) is 0 Å². The number of carbonyl (C=O) groups excluding carboxylic acids is 1. The van der Waals surface area contributed by atoms with Gasteiger partial charge in [-0.3, -0.25) is 4.90 Å². The van der Waals surface area contributed by atoms with Gasteiger partial charge in [0.15, 0.2) is 0 Å². The van der Waals surface area contributed by atoms with Crippen molar-refractivity contribution >= 4 is 6.03 Å². The molecule has 19 heavy (non-hydrogen) atoms. The molecule has 2 N–H and O–H groups in total. The fraction of sp³-hybridized carbons (Fsp3) is 0.929. The second-order valence-electron chi connectivity index (χ2n) is 5.73. The molecule has 0 aromatic rings. The predicted molar refractivity (Wildman–Crippen MR) is 75.3 cm³/mol. The number of nitrogens with one attached hydrogen (secondary N) is 2. The summed E-state index contributed by atoms with van der Waals surface area (Å²) in [6, 6.07) is 0.700. The molecular formula is C14H27N3O2. The molecule has 0 aromatic carbocycles. The molecule has 2 rings (SSSR count). The summed E-state index contributed by atoms with van der Waals surface area (Å²) < 4.78 is 5.08. The molecule has 0 radical (unpaired) electrons. The maximum Gasteiger partial charge on any atom is 0.315 e. The van der Waals surface area contributed by atoms with Crippen molar-refractivity contribution in [1.29, 1.82) is 0 Å². The lowest BCUT2D eigenvalue weighted by atomic mass is 9.96. The molecule has 2 fully saturated rings. The van der Waals surface area contributed by atoms with Crippen LogP contribution in [0.4, 0.5) is 4.79 Å². The van der Waals surface area contributed by atoms with Crippen LogP contribution < -0.4 is 10.6 Å². The lowest BCUT2D eigenvalue weighted by Gasteiger charge is -2.24. The molecule has 5 nitrogen and oxygen atoms in total. The second kappa shape index (κ2) is 7.70. The normalized spacial score (nSPS) is 25.4. The SMILES string of the molecule is COCCN1CCC(NC(=O)NC2CCCCC2)C1. The van der Waals surface area contributed by atoms with Crippen LogP contribution in [0.1, 0.15) is 38.5 Å². The highest BCUT2D eigenvalue weighted by atomic mass is 16.5. The average Bonchev–Trinajstić information content (AvgIpc) is 2.85. The third kappa shape index (κ3) is 4.99. The third-order valence-corrected chi connectivity index (χ3v) is 4.16. The molecule has 0 aromatic heterocycles. The number of nitrogens with zero attached hydrogens (tertiary/aromatic N) is 1. The Labute approximate surface area is 116 Å². The van der Waals surface area contributed by atoms with Crippen LogP contribution in [-0.2, 0) is 4.74 Å². The van der Waals surface area contributed by atoms with Crippen molar-refractivity contribution in [2.45, 2.75) is 50.6 Å². The van der Waals surface area contributed by atoms with Gasteiger partial charge in [0.2, 0.25) is 0 Å². The first kappa shape index (κ1) is 14.6. The molecule has 1 atom stereocenters. The largest absolute Gasteiger partial charge is 0.383 e. The second-order valence-corrected chi connectivity index (χ2v) is 5.73. The minimum Gasteiger partial charge on any atom is -0.383 e. The molecular weight excluding hydrogens is 242 g/mol. The van der Waals surface area contributed by atoms with Crippen LogP contribution in [-0.4, -0.2) is 56.4 Å².